The Morgan fingerprint density at radius 3 is 2.29 bits per heavy atom. The van der Waals surface area contributed by atoms with Crippen LogP contribution >= 0.6 is 47.8 Å². The van der Waals surface area contributed by atoms with Gasteiger partial charge in [-0.25, -0.2) is 4.39 Å². The summed E-state index contributed by atoms with van der Waals surface area (Å²) in [5.74, 6) is 1.15. The Balaban J connectivity index is 2.02. The first kappa shape index (κ1) is 15.3. The van der Waals surface area contributed by atoms with E-state index in [4.69, 9.17) is 9.47 Å². The van der Waals surface area contributed by atoms with Crippen LogP contribution in [0.3, 0.4) is 0 Å². The van der Waals surface area contributed by atoms with Gasteiger partial charge >= 0.3 is 0 Å². The molecule has 1 atom stereocenters. The monoisotopic (exact) mass is 478 g/mol. The zero-order valence-electron chi connectivity index (χ0n) is 10.7. The molecule has 0 amide bonds. The Morgan fingerprint density at radius 2 is 1.62 bits per heavy atom. The maximum Gasteiger partial charge on any atom is 0.162 e. The average Bonchev–Trinajstić information content (AvgIpc) is 2.44. The second kappa shape index (κ2) is 6.26. The van der Waals surface area contributed by atoms with Crippen LogP contribution in [0.2, 0.25) is 0 Å². The van der Waals surface area contributed by atoms with Crippen molar-refractivity contribution in [3.05, 3.63) is 56.2 Å². The summed E-state index contributed by atoms with van der Waals surface area (Å²) in [4.78, 5) is -0.158. The number of rotatable bonds is 2. The highest BCUT2D eigenvalue weighted by atomic mass is 79.9. The van der Waals surface area contributed by atoms with Crippen LogP contribution in [-0.4, -0.2) is 13.2 Å². The Bertz CT molecular complexity index is 671. The van der Waals surface area contributed by atoms with E-state index in [1.807, 2.05) is 18.2 Å². The normalized spacial score (nSPS) is 14.9. The fraction of sp³-hybridized carbons (Fsp3) is 0.200. The van der Waals surface area contributed by atoms with Crippen LogP contribution in [-0.2, 0) is 0 Å². The summed E-state index contributed by atoms with van der Waals surface area (Å²) in [5, 5.41) is 0. The quantitative estimate of drug-likeness (QED) is 0.520. The standard InChI is InChI=1S/C15H10Br3FO2/c16-9-3-8(4-10(19)5-9)15(18)11-6-13-14(7-12(11)17)21-2-1-20-13/h3-7,15H,1-2H2. The molecule has 0 aliphatic carbocycles. The minimum Gasteiger partial charge on any atom is -0.486 e. The molecule has 1 aliphatic rings. The van der Waals surface area contributed by atoms with Gasteiger partial charge in [-0.3, -0.25) is 0 Å². The van der Waals surface area contributed by atoms with Gasteiger partial charge in [-0.15, -0.1) is 0 Å². The number of alkyl halides is 1. The van der Waals surface area contributed by atoms with Crippen LogP contribution in [0.5, 0.6) is 11.5 Å². The van der Waals surface area contributed by atoms with E-state index >= 15 is 0 Å². The minimum atomic E-state index is -0.280. The zero-order valence-corrected chi connectivity index (χ0v) is 15.5. The molecule has 110 valence electrons. The van der Waals surface area contributed by atoms with Gasteiger partial charge in [0.25, 0.3) is 0 Å². The summed E-state index contributed by atoms with van der Waals surface area (Å²) in [7, 11) is 0. The van der Waals surface area contributed by atoms with Crippen LogP contribution in [0, 0.1) is 5.82 Å². The van der Waals surface area contributed by atoms with E-state index in [-0.39, 0.29) is 10.6 Å². The van der Waals surface area contributed by atoms with Crippen LogP contribution in [0.4, 0.5) is 4.39 Å². The molecule has 2 nitrogen and oxygen atoms in total. The van der Waals surface area contributed by atoms with Gasteiger partial charge < -0.3 is 9.47 Å². The van der Waals surface area contributed by atoms with Crippen molar-refractivity contribution in [2.45, 2.75) is 4.83 Å². The lowest BCUT2D eigenvalue weighted by atomic mass is 10.0. The van der Waals surface area contributed by atoms with E-state index in [9.17, 15) is 4.39 Å². The van der Waals surface area contributed by atoms with Gasteiger partial charge in [0.15, 0.2) is 11.5 Å². The molecule has 0 saturated heterocycles. The maximum atomic E-state index is 13.6. The van der Waals surface area contributed by atoms with E-state index in [1.165, 1.54) is 12.1 Å². The van der Waals surface area contributed by atoms with Crippen molar-refractivity contribution < 1.29 is 13.9 Å². The molecule has 1 unspecified atom stereocenters. The third kappa shape index (κ3) is 3.27. The van der Waals surface area contributed by atoms with Crippen LogP contribution in [0.15, 0.2) is 39.3 Å². The predicted octanol–water partition coefficient (Wildman–Crippen LogP) is 5.61. The molecule has 0 radical (unpaired) electrons. The van der Waals surface area contributed by atoms with Crippen molar-refractivity contribution >= 4 is 47.8 Å². The molecule has 1 heterocycles. The summed E-state index contributed by atoms with van der Waals surface area (Å²) in [5.41, 5.74) is 1.77. The first-order valence-electron chi connectivity index (χ1n) is 6.23. The summed E-state index contributed by atoms with van der Waals surface area (Å²) >= 11 is 10.5. The molecule has 21 heavy (non-hydrogen) atoms. The average molecular weight is 481 g/mol. The summed E-state index contributed by atoms with van der Waals surface area (Å²) in [6.07, 6.45) is 0. The number of benzene rings is 2. The van der Waals surface area contributed by atoms with Crippen molar-refractivity contribution in [2.75, 3.05) is 13.2 Å². The molecule has 0 fully saturated rings. The second-order valence-corrected chi connectivity index (χ2v) is 7.27. The van der Waals surface area contributed by atoms with Crippen molar-refractivity contribution in [1.29, 1.82) is 0 Å². The summed E-state index contributed by atoms with van der Waals surface area (Å²) < 4.78 is 26.3. The molecule has 0 aromatic heterocycles. The largest absolute Gasteiger partial charge is 0.486 e. The molecule has 0 N–H and O–H groups in total. The third-order valence-corrected chi connectivity index (χ3v) is 5.28. The molecule has 3 rings (SSSR count). The SMILES string of the molecule is Fc1cc(Br)cc(C(Br)c2cc3c(cc2Br)OCCO3)c1. The Kier molecular flexibility index (Phi) is 4.57. The smallest absolute Gasteiger partial charge is 0.162 e. The topological polar surface area (TPSA) is 18.5 Å². The van der Waals surface area contributed by atoms with E-state index in [2.05, 4.69) is 47.8 Å². The Labute approximate surface area is 147 Å². The van der Waals surface area contributed by atoms with Crippen molar-refractivity contribution in [1.82, 2.24) is 0 Å². The molecule has 2 aromatic rings. The molecule has 1 aliphatic heterocycles. The fourth-order valence-electron chi connectivity index (χ4n) is 2.17. The van der Waals surface area contributed by atoms with E-state index in [0.29, 0.717) is 23.4 Å². The first-order valence-corrected chi connectivity index (χ1v) is 8.74. The van der Waals surface area contributed by atoms with Gasteiger partial charge in [0, 0.05) is 8.95 Å². The number of halogens is 4. The van der Waals surface area contributed by atoms with Crippen LogP contribution in [0.1, 0.15) is 16.0 Å². The predicted molar refractivity (Wildman–Crippen MR) is 90.0 cm³/mol. The molecule has 0 spiro atoms. The van der Waals surface area contributed by atoms with Gasteiger partial charge in [-0.1, -0.05) is 47.8 Å². The van der Waals surface area contributed by atoms with Gasteiger partial charge in [0.2, 0.25) is 0 Å². The number of ether oxygens (including phenoxy) is 2. The van der Waals surface area contributed by atoms with Crippen molar-refractivity contribution in [3.63, 3.8) is 0 Å². The number of hydrogen-bond acceptors (Lipinski definition) is 2. The Morgan fingerprint density at radius 1 is 0.952 bits per heavy atom. The van der Waals surface area contributed by atoms with Crippen molar-refractivity contribution in [3.8, 4) is 11.5 Å². The van der Waals surface area contributed by atoms with Crippen LogP contribution in [0.25, 0.3) is 0 Å². The van der Waals surface area contributed by atoms with Crippen molar-refractivity contribution in [2.24, 2.45) is 0 Å². The lowest BCUT2D eigenvalue weighted by molar-refractivity contribution is 0.171. The lowest BCUT2D eigenvalue weighted by Crippen LogP contribution is -2.15. The number of hydrogen-bond donors (Lipinski definition) is 0. The molecule has 0 bridgehead atoms. The van der Waals surface area contributed by atoms with Gasteiger partial charge in [0.05, 0.1) is 4.83 Å². The highest BCUT2D eigenvalue weighted by Gasteiger charge is 2.20. The van der Waals surface area contributed by atoms with E-state index in [1.54, 1.807) is 0 Å². The van der Waals surface area contributed by atoms with Gasteiger partial charge in [-0.05, 0) is 41.5 Å². The molecular formula is C15H10Br3FO2. The highest BCUT2D eigenvalue weighted by molar-refractivity contribution is 9.11. The van der Waals surface area contributed by atoms with Crippen LogP contribution < -0.4 is 9.47 Å². The second-order valence-electron chi connectivity index (χ2n) is 4.58. The number of fused-ring (bicyclic) bond motifs is 1. The molecule has 0 saturated carbocycles. The molecular weight excluding hydrogens is 471 g/mol. The third-order valence-electron chi connectivity index (χ3n) is 3.11. The van der Waals surface area contributed by atoms with Gasteiger partial charge in [0.1, 0.15) is 19.0 Å². The minimum absolute atomic E-state index is 0.158. The fourth-order valence-corrected chi connectivity index (χ4v) is 4.16. The summed E-state index contributed by atoms with van der Waals surface area (Å²) in [6.45, 7) is 1.08. The maximum absolute atomic E-state index is 13.6. The molecule has 2 aromatic carbocycles. The Hall–Kier alpha value is -0.590. The highest BCUT2D eigenvalue weighted by Crippen LogP contribution is 2.42. The lowest BCUT2D eigenvalue weighted by Gasteiger charge is -2.21. The molecule has 6 heteroatoms. The van der Waals surface area contributed by atoms with E-state index < -0.39 is 0 Å². The zero-order chi connectivity index (χ0) is 15.0. The first-order chi connectivity index (χ1) is 10.0. The van der Waals surface area contributed by atoms with Gasteiger partial charge in [-0.2, -0.15) is 0 Å². The summed E-state index contributed by atoms with van der Waals surface area (Å²) in [6, 6.07) is 8.62. The van der Waals surface area contributed by atoms with E-state index in [0.717, 1.165) is 21.3 Å².